The average Bonchev–Trinajstić information content (AvgIpc) is 2.65. The van der Waals surface area contributed by atoms with E-state index >= 15 is 0 Å². The van der Waals surface area contributed by atoms with E-state index in [1.165, 1.54) is 10.7 Å². The molecule has 1 aromatic rings. The van der Waals surface area contributed by atoms with Gasteiger partial charge in [0.1, 0.15) is 5.01 Å². The molecule has 1 rings (SSSR count). The van der Waals surface area contributed by atoms with Crippen LogP contribution in [0.4, 0.5) is 0 Å². The smallest absolute Gasteiger partial charge is 0.103 e. The van der Waals surface area contributed by atoms with Crippen LogP contribution < -0.4 is 5.73 Å². The Bertz CT molecular complexity index is 315. The van der Waals surface area contributed by atoms with Gasteiger partial charge in [0.25, 0.3) is 0 Å². The van der Waals surface area contributed by atoms with Crippen molar-refractivity contribution in [2.45, 2.75) is 51.3 Å². The van der Waals surface area contributed by atoms with Crippen molar-refractivity contribution in [3.8, 4) is 0 Å². The molecule has 0 saturated heterocycles. The average molecular weight is 258 g/mol. The third kappa shape index (κ3) is 4.44. The summed E-state index contributed by atoms with van der Waals surface area (Å²) in [5.74, 6) is 2.02. The summed E-state index contributed by atoms with van der Waals surface area (Å²) in [4.78, 5) is 4.66. The van der Waals surface area contributed by atoms with E-state index in [1.54, 1.807) is 11.3 Å². The van der Waals surface area contributed by atoms with Gasteiger partial charge in [-0.2, -0.15) is 11.8 Å². The number of nitrogens with two attached hydrogens (primary N) is 1. The highest BCUT2D eigenvalue weighted by Crippen LogP contribution is 2.25. The van der Waals surface area contributed by atoms with Gasteiger partial charge in [-0.05, 0) is 6.42 Å². The van der Waals surface area contributed by atoms with Crippen LogP contribution in [-0.2, 0) is 11.2 Å². The molecular weight excluding hydrogens is 236 g/mol. The minimum absolute atomic E-state index is 0.166. The maximum Gasteiger partial charge on any atom is 0.103 e. The van der Waals surface area contributed by atoms with Crippen LogP contribution in [0.3, 0.4) is 0 Å². The van der Waals surface area contributed by atoms with Crippen molar-refractivity contribution in [1.82, 2.24) is 4.98 Å². The molecule has 4 heteroatoms. The SMILES string of the molecule is CCC(N)CSCc1nc(C(C)(C)C)cs1. The largest absolute Gasteiger partial charge is 0.327 e. The van der Waals surface area contributed by atoms with Gasteiger partial charge in [0, 0.05) is 28.3 Å². The molecule has 0 aliphatic heterocycles. The fraction of sp³-hybridized carbons (Fsp3) is 0.750. The van der Waals surface area contributed by atoms with E-state index in [1.807, 2.05) is 11.8 Å². The zero-order chi connectivity index (χ0) is 12.2. The fourth-order valence-corrected chi connectivity index (χ4v) is 3.36. The van der Waals surface area contributed by atoms with Crippen molar-refractivity contribution in [3.05, 3.63) is 16.1 Å². The van der Waals surface area contributed by atoms with E-state index < -0.39 is 0 Å². The van der Waals surface area contributed by atoms with Crippen LogP contribution in [0.2, 0.25) is 0 Å². The van der Waals surface area contributed by atoms with Gasteiger partial charge in [0.15, 0.2) is 0 Å². The van der Waals surface area contributed by atoms with Gasteiger partial charge >= 0.3 is 0 Å². The highest BCUT2D eigenvalue weighted by molar-refractivity contribution is 7.98. The molecule has 0 saturated carbocycles. The molecule has 2 nitrogen and oxygen atoms in total. The molecule has 0 spiro atoms. The second-order valence-corrected chi connectivity index (χ2v) is 7.03. The number of thioether (sulfide) groups is 1. The quantitative estimate of drug-likeness (QED) is 0.879. The molecule has 1 unspecified atom stereocenters. The highest BCUT2D eigenvalue weighted by Gasteiger charge is 2.17. The molecule has 0 aliphatic rings. The van der Waals surface area contributed by atoms with E-state index in [9.17, 15) is 0 Å². The lowest BCUT2D eigenvalue weighted by Gasteiger charge is -2.14. The number of nitrogens with zero attached hydrogens (tertiary/aromatic N) is 1. The van der Waals surface area contributed by atoms with Gasteiger partial charge in [0.2, 0.25) is 0 Å². The fourth-order valence-electron chi connectivity index (χ4n) is 1.14. The second-order valence-electron chi connectivity index (χ2n) is 5.06. The number of hydrogen-bond acceptors (Lipinski definition) is 4. The zero-order valence-corrected chi connectivity index (χ0v) is 12.3. The first-order chi connectivity index (χ1) is 7.43. The molecule has 1 atom stereocenters. The Labute approximate surface area is 107 Å². The van der Waals surface area contributed by atoms with Gasteiger partial charge in [-0.15, -0.1) is 11.3 Å². The first-order valence-electron chi connectivity index (χ1n) is 5.71. The van der Waals surface area contributed by atoms with Crippen LogP contribution in [0.15, 0.2) is 5.38 Å². The number of aromatic nitrogens is 1. The molecule has 16 heavy (non-hydrogen) atoms. The Kier molecular flexibility index (Phi) is 5.28. The zero-order valence-electron chi connectivity index (χ0n) is 10.6. The van der Waals surface area contributed by atoms with E-state index in [0.29, 0.717) is 6.04 Å². The Hall–Kier alpha value is -0.0600. The maximum atomic E-state index is 5.87. The second kappa shape index (κ2) is 6.03. The lowest BCUT2D eigenvalue weighted by molar-refractivity contribution is 0.572. The molecule has 0 aliphatic carbocycles. The molecule has 0 amide bonds. The van der Waals surface area contributed by atoms with Gasteiger partial charge in [-0.3, -0.25) is 0 Å². The Morgan fingerprint density at radius 1 is 1.50 bits per heavy atom. The number of hydrogen-bond donors (Lipinski definition) is 1. The summed E-state index contributed by atoms with van der Waals surface area (Å²) >= 11 is 3.65. The summed E-state index contributed by atoms with van der Waals surface area (Å²) in [6.45, 7) is 8.73. The molecule has 0 fully saturated rings. The topological polar surface area (TPSA) is 38.9 Å². The van der Waals surface area contributed by atoms with E-state index in [4.69, 9.17) is 5.73 Å². The molecule has 0 aromatic carbocycles. The van der Waals surface area contributed by atoms with Gasteiger partial charge in [0.05, 0.1) is 5.69 Å². The number of rotatable bonds is 5. The standard InChI is InChI=1S/C12H22N2S2/c1-5-9(13)6-15-8-11-14-10(7-16-11)12(2,3)4/h7,9H,5-6,8,13H2,1-4H3. The first kappa shape index (κ1) is 14.0. The Morgan fingerprint density at radius 3 is 2.69 bits per heavy atom. The van der Waals surface area contributed by atoms with Gasteiger partial charge in [-0.25, -0.2) is 4.98 Å². The van der Waals surface area contributed by atoms with Crippen LogP contribution in [-0.4, -0.2) is 16.8 Å². The lowest BCUT2D eigenvalue weighted by atomic mass is 9.93. The lowest BCUT2D eigenvalue weighted by Crippen LogP contribution is -2.21. The van der Waals surface area contributed by atoms with E-state index in [0.717, 1.165) is 17.9 Å². The first-order valence-corrected chi connectivity index (χ1v) is 7.75. The van der Waals surface area contributed by atoms with Crippen LogP contribution in [0.5, 0.6) is 0 Å². The Morgan fingerprint density at radius 2 is 2.19 bits per heavy atom. The van der Waals surface area contributed by atoms with E-state index in [-0.39, 0.29) is 5.41 Å². The summed E-state index contributed by atoms with van der Waals surface area (Å²) in [6.07, 6.45) is 1.05. The molecule has 92 valence electrons. The van der Waals surface area contributed by atoms with Crippen molar-refractivity contribution in [2.24, 2.45) is 5.73 Å². The van der Waals surface area contributed by atoms with Crippen molar-refractivity contribution in [3.63, 3.8) is 0 Å². The highest BCUT2D eigenvalue weighted by atomic mass is 32.2. The normalized spacial score (nSPS) is 14.1. The molecule has 1 heterocycles. The van der Waals surface area contributed by atoms with Gasteiger partial charge in [-0.1, -0.05) is 27.7 Å². The molecule has 1 aromatic heterocycles. The van der Waals surface area contributed by atoms with Crippen LogP contribution in [0.1, 0.15) is 44.8 Å². The Balaban J connectivity index is 2.41. The predicted molar refractivity (Wildman–Crippen MR) is 75.2 cm³/mol. The molecular formula is C12H22N2S2. The van der Waals surface area contributed by atoms with Crippen molar-refractivity contribution in [2.75, 3.05) is 5.75 Å². The molecule has 0 bridgehead atoms. The van der Waals surface area contributed by atoms with Crippen molar-refractivity contribution >= 4 is 23.1 Å². The van der Waals surface area contributed by atoms with Crippen LogP contribution in [0, 0.1) is 0 Å². The molecule has 2 N–H and O–H groups in total. The third-order valence-electron chi connectivity index (χ3n) is 2.40. The van der Waals surface area contributed by atoms with Crippen molar-refractivity contribution in [1.29, 1.82) is 0 Å². The van der Waals surface area contributed by atoms with Crippen LogP contribution >= 0.6 is 23.1 Å². The third-order valence-corrected chi connectivity index (χ3v) is 4.57. The summed E-state index contributed by atoms with van der Waals surface area (Å²) in [7, 11) is 0. The monoisotopic (exact) mass is 258 g/mol. The minimum atomic E-state index is 0.166. The summed E-state index contributed by atoms with van der Waals surface area (Å²) in [5, 5.41) is 3.40. The van der Waals surface area contributed by atoms with Gasteiger partial charge < -0.3 is 5.73 Å². The van der Waals surface area contributed by atoms with Crippen LogP contribution in [0.25, 0.3) is 0 Å². The summed E-state index contributed by atoms with van der Waals surface area (Å²) in [6, 6.07) is 0.326. The summed E-state index contributed by atoms with van der Waals surface area (Å²) < 4.78 is 0. The molecule has 0 radical (unpaired) electrons. The van der Waals surface area contributed by atoms with Crippen molar-refractivity contribution < 1.29 is 0 Å². The minimum Gasteiger partial charge on any atom is -0.327 e. The van der Waals surface area contributed by atoms with E-state index in [2.05, 4.69) is 38.1 Å². The predicted octanol–water partition coefficient (Wildman–Crippen LogP) is 3.41. The summed E-state index contributed by atoms with van der Waals surface area (Å²) in [5.41, 5.74) is 7.24. The maximum absolute atomic E-state index is 5.87. The number of thiazole rings is 1.